The number of aliphatic carboxylic acids is 2. The predicted octanol–water partition coefficient (Wildman–Crippen LogP) is 3.35. The van der Waals surface area contributed by atoms with E-state index in [0.29, 0.717) is 23.1 Å². The van der Waals surface area contributed by atoms with Gasteiger partial charge in [0.25, 0.3) is 0 Å². The van der Waals surface area contributed by atoms with Crippen molar-refractivity contribution in [3.63, 3.8) is 0 Å². The van der Waals surface area contributed by atoms with Gasteiger partial charge in [-0.15, -0.1) is 0 Å². The highest BCUT2D eigenvalue weighted by Gasteiger charge is 2.10. The lowest BCUT2D eigenvalue weighted by Crippen LogP contribution is -2.09. The molecule has 1 aromatic heterocycles. The SMILES string of the molecule is Cn1c(-c2ccc(F)cc2)cnc1NCc1cc(Cl)ccc1O.O=C(O)C(=O)O. The Morgan fingerprint density at radius 1 is 1.14 bits per heavy atom. The molecule has 152 valence electrons. The van der Waals surface area contributed by atoms with Crippen molar-refractivity contribution in [2.45, 2.75) is 6.54 Å². The number of hydrogen-bond donors (Lipinski definition) is 4. The number of hydrogen-bond acceptors (Lipinski definition) is 5. The summed E-state index contributed by atoms with van der Waals surface area (Å²) in [7, 11) is 1.87. The van der Waals surface area contributed by atoms with E-state index in [4.69, 9.17) is 31.4 Å². The summed E-state index contributed by atoms with van der Waals surface area (Å²) in [5.74, 6) is -3.10. The molecule has 0 aliphatic carbocycles. The minimum atomic E-state index is -1.82. The van der Waals surface area contributed by atoms with Gasteiger partial charge in [0, 0.05) is 29.7 Å². The summed E-state index contributed by atoms with van der Waals surface area (Å²) in [6.07, 6.45) is 1.72. The predicted molar refractivity (Wildman–Crippen MR) is 104 cm³/mol. The third-order valence-corrected chi connectivity index (χ3v) is 4.02. The lowest BCUT2D eigenvalue weighted by Gasteiger charge is -2.10. The van der Waals surface area contributed by atoms with Gasteiger partial charge in [-0.25, -0.2) is 19.0 Å². The number of benzene rings is 2. The molecule has 0 spiro atoms. The molecule has 10 heteroatoms. The maximum absolute atomic E-state index is 13.0. The van der Waals surface area contributed by atoms with Crippen LogP contribution in [-0.2, 0) is 23.2 Å². The molecule has 3 aromatic rings. The fraction of sp³-hybridized carbons (Fsp3) is 0.105. The Labute approximate surface area is 169 Å². The van der Waals surface area contributed by atoms with Gasteiger partial charge in [0.05, 0.1) is 11.9 Å². The second-order valence-electron chi connectivity index (χ2n) is 5.77. The summed E-state index contributed by atoms with van der Waals surface area (Å²) in [5.41, 5.74) is 2.42. The first-order chi connectivity index (χ1) is 13.7. The Balaban J connectivity index is 0.000000438. The van der Waals surface area contributed by atoms with Gasteiger partial charge in [-0.3, -0.25) is 0 Å². The number of anilines is 1. The van der Waals surface area contributed by atoms with Gasteiger partial charge in [-0.2, -0.15) is 0 Å². The van der Waals surface area contributed by atoms with E-state index in [1.807, 2.05) is 11.6 Å². The number of phenols is 1. The first-order valence-electron chi connectivity index (χ1n) is 8.14. The summed E-state index contributed by atoms with van der Waals surface area (Å²) < 4.78 is 14.9. The van der Waals surface area contributed by atoms with Gasteiger partial charge in [0.2, 0.25) is 5.95 Å². The number of nitrogens with zero attached hydrogens (tertiary/aromatic N) is 2. The molecule has 0 aliphatic rings. The van der Waals surface area contributed by atoms with Crippen molar-refractivity contribution in [2.24, 2.45) is 7.05 Å². The monoisotopic (exact) mass is 421 g/mol. The molecule has 0 radical (unpaired) electrons. The Bertz CT molecular complexity index is 1010. The zero-order valence-corrected chi connectivity index (χ0v) is 15.9. The minimum Gasteiger partial charge on any atom is -0.508 e. The van der Waals surface area contributed by atoms with Gasteiger partial charge in [0.1, 0.15) is 11.6 Å². The van der Waals surface area contributed by atoms with Gasteiger partial charge in [0.15, 0.2) is 0 Å². The first-order valence-corrected chi connectivity index (χ1v) is 8.52. The van der Waals surface area contributed by atoms with Crippen LogP contribution in [0.15, 0.2) is 48.7 Å². The third kappa shape index (κ3) is 5.94. The van der Waals surface area contributed by atoms with Crippen LogP contribution < -0.4 is 5.32 Å². The highest BCUT2D eigenvalue weighted by Crippen LogP contribution is 2.25. The largest absolute Gasteiger partial charge is 0.508 e. The van der Waals surface area contributed by atoms with Crippen LogP contribution >= 0.6 is 11.6 Å². The van der Waals surface area contributed by atoms with E-state index in [-0.39, 0.29) is 11.6 Å². The van der Waals surface area contributed by atoms with Crippen molar-refractivity contribution in [3.8, 4) is 17.0 Å². The summed E-state index contributed by atoms with van der Waals surface area (Å²) in [6, 6.07) is 11.1. The number of phenolic OH excluding ortho intramolecular Hbond substituents is 1. The summed E-state index contributed by atoms with van der Waals surface area (Å²) >= 11 is 5.94. The fourth-order valence-corrected chi connectivity index (χ4v) is 2.53. The molecule has 0 fully saturated rings. The number of carboxylic acid groups (broad SMARTS) is 2. The standard InChI is InChI=1S/C17H15ClFN3O.C2H2O4/c1-22-15(11-2-5-14(19)6-3-11)10-21-17(22)20-9-12-8-13(18)4-7-16(12)23;3-1(4)2(5)6/h2-8,10,23H,9H2,1H3,(H,20,21);(H,3,4)(H,5,6). The molecular formula is C19H17ClFN3O5. The van der Waals surface area contributed by atoms with Crippen LogP contribution in [0.5, 0.6) is 5.75 Å². The number of carbonyl (C=O) groups is 2. The summed E-state index contributed by atoms with van der Waals surface area (Å²) in [6.45, 7) is 0.389. The molecule has 0 aliphatic heterocycles. The van der Waals surface area contributed by atoms with E-state index in [9.17, 15) is 9.50 Å². The molecule has 8 nitrogen and oxygen atoms in total. The van der Waals surface area contributed by atoms with Crippen molar-refractivity contribution >= 4 is 29.5 Å². The van der Waals surface area contributed by atoms with Gasteiger partial charge in [-0.1, -0.05) is 11.6 Å². The van der Waals surface area contributed by atoms with Crippen LogP contribution in [0.2, 0.25) is 5.02 Å². The van der Waals surface area contributed by atoms with Crippen molar-refractivity contribution in [1.82, 2.24) is 9.55 Å². The molecule has 0 bridgehead atoms. The highest BCUT2D eigenvalue weighted by atomic mass is 35.5. The number of nitrogens with one attached hydrogen (secondary N) is 1. The summed E-state index contributed by atoms with van der Waals surface area (Å²) in [5, 5.41) is 28.3. The molecule has 0 amide bonds. The topological polar surface area (TPSA) is 125 Å². The number of halogens is 2. The Kier molecular flexibility index (Phi) is 7.15. The lowest BCUT2D eigenvalue weighted by atomic mass is 10.2. The lowest BCUT2D eigenvalue weighted by molar-refractivity contribution is -0.159. The number of imidazole rings is 1. The molecular weight excluding hydrogens is 405 g/mol. The van der Waals surface area contributed by atoms with E-state index in [1.54, 1.807) is 36.5 Å². The van der Waals surface area contributed by atoms with Crippen LogP contribution in [0.3, 0.4) is 0 Å². The zero-order valence-electron chi connectivity index (χ0n) is 15.1. The minimum absolute atomic E-state index is 0.176. The van der Waals surface area contributed by atoms with E-state index >= 15 is 0 Å². The van der Waals surface area contributed by atoms with Crippen LogP contribution in [-0.4, -0.2) is 36.8 Å². The molecule has 4 N–H and O–H groups in total. The van der Waals surface area contributed by atoms with E-state index in [0.717, 1.165) is 11.3 Å². The van der Waals surface area contributed by atoms with Crippen molar-refractivity contribution < 1.29 is 29.3 Å². The van der Waals surface area contributed by atoms with Crippen molar-refractivity contribution in [1.29, 1.82) is 0 Å². The molecule has 0 atom stereocenters. The van der Waals surface area contributed by atoms with E-state index < -0.39 is 11.9 Å². The molecule has 0 unspecified atom stereocenters. The van der Waals surface area contributed by atoms with E-state index in [1.165, 1.54) is 12.1 Å². The van der Waals surface area contributed by atoms with Gasteiger partial charge >= 0.3 is 11.9 Å². The van der Waals surface area contributed by atoms with Gasteiger partial charge < -0.3 is 25.2 Å². The smallest absolute Gasteiger partial charge is 0.414 e. The normalized spacial score (nSPS) is 10.0. The molecule has 1 heterocycles. The first kappa shape index (κ1) is 21.7. The summed E-state index contributed by atoms with van der Waals surface area (Å²) in [4.78, 5) is 22.5. The number of aromatic hydroxyl groups is 1. The Hall–Kier alpha value is -3.59. The molecule has 0 saturated heterocycles. The zero-order chi connectivity index (χ0) is 21.6. The molecule has 2 aromatic carbocycles. The van der Waals surface area contributed by atoms with E-state index in [2.05, 4.69) is 10.3 Å². The van der Waals surface area contributed by atoms with Crippen molar-refractivity contribution in [2.75, 3.05) is 5.32 Å². The van der Waals surface area contributed by atoms with Gasteiger partial charge in [-0.05, 0) is 42.5 Å². The number of rotatable bonds is 4. The molecule has 0 saturated carbocycles. The van der Waals surface area contributed by atoms with Crippen LogP contribution in [0.25, 0.3) is 11.3 Å². The van der Waals surface area contributed by atoms with Crippen LogP contribution in [0.1, 0.15) is 5.56 Å². The van der Waals surface area contributed by atoms with Crippen molar-refractivity contribution in [3.05, 3.63) is 65.1 Å². The number of carboxylic acids is 2. The quantitative estimate of drug-likeness (QED) is 0.476. The average Bonchev–Trinajstić information content (AvgIpc) is 3.04. The maximum atomic E-state index is 13.0. The fourth-order valence-electron chi connectivity index (χ4n) is 2.33. The second-order valence-corrected chi connectivity index (χ2v) is 6.21. The maximum Gasteiger partial charge on any atom is 0.414 e. The number of aromatic nitrogens is 2. The second kappa shape index (κ2) is 9.56. The highest BCUT2D eigenvalue weighted by molar-refractivity contribution is 6.30. The molecule has 29 heavy (non-hydrogen) atoms. The average molecular weight is 422 g/mol. The van der Waals surface area contributed by atoms with Crippen LogP contribution in [0.4, 0.5) is 10.3 Å². The molecule has 3 rings (SSSR count). The Morgan fingerprint density at radius 2 is 1.76 bits per heavy atom. The Morgan fingerprint density at radius 3 is 2.34 bits per heavy atom. The van der Waals surface area contributed by atoms with Crippen LogP contribution in [0, 0.1) is 5.82 Å². The third-order valence-electron chi connectivity index (χ3n) is 3.79.